The molecule has 0 fully saturated rings. The molecule has 0 radical (unpaired) electrons. The summed E-state index contributed by atoms with van der Waals surface area (Å²) in [6.45, 7) is 4.44. The molecule has 0 spiro atoms. The topological polar surface area (TPSA) is 72.0 Å². The number of fused-ring (bicyclic) bond motifs is 1. The minimum atomic E-state index is 0.0163. The molecule has 0 aliphatic heterocycles. The first-order valence-electron chi connectivity index (χ1n) is 6.85. The molecule has 3 N–H and O–H groups in total. The quantitative estimate of drug-likeness (QED) is 0.835. The lowest BCUT2D eigenvalue weighted by molar-refractivity contribution is 0.278. The summed E-state index contributed by atoms with van der Waals surface area (Å²) in [7, 11) is 0. The van der Waals surface area contributed by atoms with Gasteiger partial charge in [0, 0.05) is 29.1 Å². The number of nitrogens with two attached hydrogens (primary N) is 1. The molecular weight excluding hydrogens is 250 g/mol. The van der Waals surface area contributed by atoms with Crippen molar-refractivity contribution in [2.45, 2.75) is 32.7 Å². The summed E-state index contributed by atoms with van der Waals surface area (Å²) in [6.07, 6.45) is 3.73. The summed E-state index contributed by atoms with van der Waals surface area (Å²) in [4.78, 5) is 9.10. The Labute approximate surface area is 118 Å². The summed E-state index contributed by atoms with van der Waals surface area (Å²) in [5, 5.41) is 9.34. The maximum Gasteiger partial charge on any atom is 0.159 e. The number of rotatable bonds is 1. The highest BCUT2D eigenvalue weighted by molar-refractivity contribution is 5.56. The fourth-order valence-electron chi connectivity index (χ4n) is 2.86. The Hall–Kier alpha value is -1.94. The largest absolute Gasteiger partial charge is 0.508 e. The first-order valence-corrected chi connectivity index (χ1v) is 6.85. The van der Waals surface area contributed by atoms with Crippen molar-refractivity contribution in [1.29, 1.82) is 0 Å². The normalized spacial score (nSPS) is 20.4. The molecular formula is C16H19N3O. The van der Waals surface area contributed by atoms with Crippen molar-refractivity contribution < 1.29 is 5.11 Å². The maximum absolute atomic E-state index is 9.34. The molecule has 1 unspecified atom stereocenters. The molecule has 0 saturated carbocycles. The summed E-state index contributed by atoms with van der Waals surface area (Å²) in [5.74, 6) is 0.934. The average Bonchev–Trinajstić information content (AvgIpc) is 2.37. The summed E-state index contributed by atoms with van der Waals surface area (Å²) in [6, 6.07) is 6.96. The third-order valence-corrected chi connectivity index (χ3v) is 3.84. The number of hydrogen-bond acceptors (Lipinski definition) is 4. The Morgan fingerprint density at radius 3 is 2.65 bits per heavy atom. The lowest BCUT2D eigenvalue weighted by atomic mass is 9.74. The Balaban J connectivity index is 2.02. The zero-order valence-electron chi connectivity index (χ0n) is 11.8. The first kappa shape index (κ1) is 13.1. The van der Waals surface area contributed by atoms with Gasteiger partial charge >= 0.3 is 0 Å². The molecule has 0 saturated heterocycles. The van der Waals surface area contributed by atoms with Gasteiger partial charge in [0.25, 0.3) is 0 Å². The fourth-order valence-corrected chi connectivity index (χ4v) is 2.86. The van der Waals surface area contributed by atoms with E-state index in [1.54, 1.807) is 12.1 Å². The molecule has 1 aromatic carbocycles. The number of phenolic OH excluding ortho intramolecular Hbond substituents is 1. The van der Waals surface area contributed by atoms with Crippen LogP contribution in [0.4, 0.5) is 0 Å². The van der Waals surface area contributed by atoms with Crippen LogP contribution in [0.2, 0.25) is 0 Å². The van der Waals surface area contributed by atoms with Gasteiger partial charge in [-0.2, -0.15) is 0 Å². The highest BCUT2D eigenvalue weighted by atomic mass is 16.3. The van der Waals surface area contributed by atoms with E-state index in [1.807, 2.05) is 18.3 Å². The summed E-state index contributed by atoms with van der Waals surface area (Å²) in [5.41, 5.74) is 9.41. The molecule has 4 heteroatoms. The van der Waals surface area contributed by atoms with Gasteiger partial charge in [-0.3, -0.25) is 0 Å². The first-order chi connectivity index (χ1) is 9.44. The Kier molecular flexibility index (Phi) is 2.98. The minimum Gasteiger partial charge on any atom is -0.508 e. The van der Waals surface area contributed by atoms with E-state index in [9.17, 15) is 5.11 Å². The van der Waals surface area contributed by atoms with Crippen molar-refractivity contribution >= 4 is 0 Å². The Morgan fingerprint density at radius 1 is 1.25 bits per heavy atom. The highest BCUT2D eigenvalue weighted by Crippen LogP contribution is 2.38. The molecule has 0 amide bonds. The SMILES string of the molecule is CC1(C)Cc2nc(-c3ccc(O)cc3)ncc2C(N)C1. The third-order valence-electron chi connectivity index (χ3n) is 3.84. The van der Waals surface area contributed by atoms with Crippen LogP contribution in [0, 0.1) is 5.41 Å². The number of aromatic hydroxyl groups is 1. The van der Waals surface area contributed by atoms with E-state index in [2.05, 4.69) is 23.8 Å². The van der Waals surface area contributed by atoms with Gasteiger partial charge in [0.1, 0.15) is 5.75 Å². The molecule has 1 atom stereocenters. The van der Waals surface area contributed by atoms with E-state index >= 15 is 0 Å². The Bertz CT molecular complexity index is 635. The van der Waals surface area contributed by atoms with Gasteiger partial charge in [-0.05, 0) is 42.5 Å². The number of aromatic nitrogens is 2. The van der Waals surface area contributed by atoms with Crippen LogP contribution in [-0.4, -0.2) is 15.1 Å². The van der Waals surface area contributed by atoms with Crippen LogP contribution in [0.1, 0.15) is 37.6 Å². The second kappa shape index (κ2) is 4.56. The standard InChI is InChI=1S/C16H19N3O/c1-16(2)7-13(17)12-9-18-15(19-14(12)8-16)10-3-5-11(20)6-4-10/h3-6,9,13,20H,7-8,17H2,1-2H3. The van der Waals surface area contributed by atoms with Gasteiger partial charge in [-0.1, -0.05) is 13.8 Å². The second-order valence-corrected chi connectivity index (χ2v) is 6.29. The molecule has 2 aromatic rings. The highest BCUT2D eigenvalue weighted by Gasteiger charge is 2.31. The number of benzene rings is 1. The molecule has 0 bridgehead atoms. The van der Waals surface area contributed by atoms with Gasteiger partial charge in [0.05, 0.1) is 0 Å². The van der Waals surface area contributed by atoms with Gasteiger partial charge < -0.3 is 10.8 Å². The lowest BCUT2D eigenvalue weighted by Crippen LogP contribution is -2.30. The third kappa shape index (κ3) is 2.39. The number of nitrogens with zero attached hydrogens (tertiary/aromatic N) is 2. The zero-order chi connectivity index (χ0) is 14.3. The van der Waals surface area contributed by atoms with Crippen LogP contribution in [0.5, 0.6) is 5.75 Å². The molecule has 20 heavy (non-hydrogen) atoms. The van der Waals surface area contributed by atoms with E-state index in [4.69, 9.17) is 5.73 Å². The van der Waals surface area contributed by atoms with Crippen molar-refractivity contribution in [3.05, 3.63) is 41.7 Å². The van der Waals surface area contributed by atoms with Crippen molar-refractivity contribution in [2.75, 3.05) is 0 Å². The lowest BCUT2D eigenvalue weighted by Gasteiger charge is -2.34. The van der Waals surface area contributed by atoms with E-state index in [1.165, 1.54) is 0 Å². The molecule has 104 valence electrons. The minimum absolute atomic E-state index is 0.0163. The fraction of sp³-hybridized carbons (Fsp3) is 0.375. The van der Waals surface area contributed by atoms with Crippen molar-refractivity contribution in [2.24, 2.45) is 11.1 Å². The number of hydrogen-bond donors (Lipinski definition) is 2. The smallest absolute Gasteiger partial charge is 0.159 e. The Morgan fingerprint density at radius 2 is 1.95 bits per heavy atom. The predicted octanol–water partition coefficient (Wildman–Crippen LogP) is 2.82. The monoisotopic (exact) mass is 269 g/mol. The summed E-state index contributed by atoms with van der Waals surface area (Å²) >= 11 is 0. The molecule has 1 aliphatic carbocycles. The van der Waals surface area contributed by atoms with Gasteiger partial charge in [-0.15, -0.1) is 0 Å². The predicted molar refractivity (Wildman–Crippen MR) is 78.2 cm³/mol. The van der Waals surface area contributed by atoms with Crippen LogP contribution in [0.3, 0.4) is 0 Å². The van der Waals surface area contributed by atoms with Crippen LogP contribution in [0.25, 0.3) is 11.4 Å². The molecule has 1 aliphatic rings. The number of phenols is 1. The van der Waals surface area contributed by atoms with E-state index in [0.717, 1.165) is 29.7 Å². The van der Waals surface area contributed by atoms with E-state index in [0.29, 0.717) is 5.82 Å². The van der Waals surface area contributed by atoms with Crippen LogP contribution >= 0.6 is 0 Å². The maximum atomic E-state index is 9.34. The van der Waals surface area contributed by atoms with Crippen molar-refractivity contribution in [1.82, 2.24) is 9.97 Å². The van der Waals surface area contributed by atoms with E-state index in [-0.39, 0.29) is 17.2 Å². The zero-order valence-corrected chi connectivity index (χ0v) is 11.8. The van der Waals surface area contributed by atoms with Gasteiger partial charge in [0.15, 0.2) is 5.82 Å². The molecule has 4 nitrogen and oxygen atoms in total. The molecule has 1 aromatic heterocycles. The molecule has 3 rings (SSSR count). The van der Waals surface area contributed by atoms with Crippen molar-refractivity contribution in [3.8, 4) is 17.1 Å². The van der Waals surface area contributed by atoms with Crippen molar-refractivity contribution in [3.63, 3.8) is 0 Å². The van der Waals surface area contributed by atoms with Crippen LogP contribution in [0.15, 0.2) is 30.5 Å². The van der Waals surface area contributed by atoms with Gasteiger partial charge in [-0.25, -0.2) is 9.97 Å². The van der Waals surface area contributed by atoms with E-state index < -0.39 is 0 Å². The second-order valence-electron chi connectivity index (χ2n) is 6.29. The van der Waals surface area contributed by atoms with Crippen LogP contribution < -0.4 is 5.73 Å². The van der Waals surface area contributed by atoms with Gasteiger partial charge in [0.2, 0.25) is 0 Å². The average molecular weight is 269 g/mol. The van der Waals surface area contributed by atoms with Crippen LogP contribution in [-0.2, 0) is 6.42 Å². The summed E-state index contributed by atoms with van der Waals surface area (Å²) < 4.78 is 0. The molecule has 1 heterocycles.